The molecule has 0 unspecified atom stereocenters. The monoisotopic (exact) mass is 273 g/mol. The molecule has 0 aromatic heterocycles. The molecule has 0 aliphatic rings. The zero-order valence-corrected chi connectivity index (χ0v) is 11.3. The van der Waals surface area contributed by atoms with Gasteiger partial charge in [0.05, 0.1) is 5.69 Å². The Morgan fingerprint density at radius 3 is 2.30 bits per heavy atom. The van der Waals surface area contributed by atoms with Crippen molar-refractivity contribution in [1.29, 1.82) is 0 Å². The van der Waals surface area contributed by atoms with Crippen molar-refractivity contribution in [2.45, 2.75) is 6.42 Å². The molecule has 4 heteroatoms. The summed E-state index contributed by atoms with van der Waals surface area (Å²) in [6.07, 6.45) is 0.663. The molecule has 0 spiro atoms. The third kappa shape index (κ3) is 4.17. The molecule has 0 saturated heterocycles. The SMILES string of the molecule is Nc1ccccc1OCCOc1ccc(CCO)cc1. The number of aliphatic hydroxyl groups excluding tert-OH is 1. The first-order valence-corrected chi connectivity index (χ1v) is 6.59. The molecule has 0 aliphatic heterocycles. The van der Waals surface area contributed by atoms with Gasteiger partial charge in [-0.05, 0) is 36.2 Å². The second kappa shape index (κ2) is 7.40. The number of aliphatic hydroxyl groups is 1. The Labute approximate surface area is 118 Å². The fraction of sp³-hybridized carbons (Fsp3) is 0.250. The Bertz CT molecular complexity index is 526. The maximum Gasteiger partial charge on any atom is 0.142 e. The number of benzene rings is 2. The van der Waals surface area contributed by atoms with E-state index in [0.29, 0.717) is 31.1 Å². The molecule has 0 heterocycles. The molecule has 20 heavy (non-hydrogen) atoms. The summed E-state index contributed by atoms with van der Waals surface area (Å²) in [5, 5.41) is 8.83. The third-order valence-electron chi connectivity index (χ3n) is 2.85. The van der Waals surface area contributed by atoms with Crippen molar-refractivity contribution in [1.82, 2.24) is 0 Å². The van der Waals surface area contributed by atoms with Crippen LogP contribution in [-0.2, 0) is 6.42 Å². The molecule has 0 amide bonds. The fourth-order valence-electron chi connectivity index (χ4n) is 1.80. The summed E-state index contributed by atoms with van der Waals surface area (Å²) in [5.41, 5.74) is 7.49. The summed E-state index contributed by atoms with van der Waals surface area (Å²) in [6, 6.07) is 15.1. The maximum atomic E-state index is 8.83. The summed E-state index contributed by atoms with van der Waals surface area (Å²) in [5.74, 6) is 1.46. The van der Waals surface area contributed by atoms with E-state index in [1.165, 1.54) is 0 Å². The topological polar surface area (TPSA) is 64.7 Å². The van der Waals surface area contributed by atoms with E-state index in [1.54, 1.807) is 6.07 Å². The summed E-state index contributed by atoms with van der Waals surface area (Å²) in [4.78, 5) is 0. The average Bonchev–Trinajstić information content (AvgIpc) is 2.47. The zero-order valence-electron chi connectivity index (χ0n) is 11.3. The van der Waals surface area contributed by atoms with Gasteiger partial charge in [-0.1, -0.05) is 24.3 Å². The second-order valence-corrected chi connectivity index (χ2v) is 4.35. The van der Waals surface area contributed by atoms with Crippen molar-refractivity contribution in [2.24, 2.45) is 0 Å². The Kier molecular flexibility index (Phi) is 5.26. The highest BCUT2D eigenvalue weighted by atomic mass is 16.5. The minimum atomic E-state index is 0.159. The summed E-state index contributed by atoms with van der Waals surface area (Å²) in [6.45, 7) is 1.05. The van der Waals surface area contributed by atoms with E-state index in [0.717, 1.165) is 11.3 Å². The van der Waals surface area contributed by atoms with Gasteiger partial charge >= 0.3 is 0 Å². The average molecular weight is 273 g/mol. The van der Waals surface area contributed by atoms with E-state index in [2.05, 4.69) is 0 Å². The minimum Gasteiger partial charge on any atom is -0.490 e. The molecule has 2 rings (SSSR count). The van der Waals surface area contributed by atoms with Crippen molar-refractivity contribution in [3.8, 4) is 11.5 Å². The van der Waals surface area contributed by atoms with Crippen LogP contribution < -0.4 is 15.2 Å². The maximum absolute atomic E-state index is 8.83. The normalized spacial score (nSPS) is 10.2. The van der Waals surface area contributed by atoms with Crippen molar-refractivity contribution in [2.75, 3.05) is 25.6 Å². The van der Waals surface area contributed by atoms with Gasteiger partial charge in [-0.2, -0.15) is 0 Å². The summed E-state index contributed by atoms with van der Waals surface area (Å²) < 4.78 is 11.1. The van der Waals surface area contributed by atoms with Crippen LogP contribution in [0.5, 0.6) is 11.5 Å². The van der Waals surface area contributed by atoms with Gasteiger partial charge in [-0.3, -0.25) is 0 Å². The van der Waals surface area contributed by atoms with Gasteiger partial charge < -0.3 is 20.3 Å². The molecular formula is C16H19NO3. The lowest BCUT2D eigenvalue weighted by atomic mass is 10.1. The Morgan fingerprint density at radius 2 is 1.60 bits per heavy atom. The lowest BCUT2D eigenvalue weighted by Gasteiger charge is -2.10. The van der Waals surface area contributed by atoms with Crippen LogP contribution in [0.3, 0.4) is 0 Å². The fourth-order valence-corrected chi connectivity index (χ4v) is 1.80. The Balaban J connectivity index is 1.74. The molecule has 2 aromatic carbocycles. The molecular weight excluding hydrogens is 254 g/mol. The smallest absolute Gasteiger partial charge is 0.142 e. The minimum absolute atomic E-state index is 0.159. The van der Waals surface area contributed by atoms with E-state index in [4.69, 9.17) is 20.3 Å². The van der Waals surface area contributed by atoms with Crippen LogP contribution in [0.1, 0.15) is 5.56 Å². The van der Waals surface area contributed by atoms with Gasteiger partial charge in [0.1, 0.15) is 24.7 Å². The molecule has 0 bridgehead atoms. The second-order valence-electron chi connectivity index (χ2n) is 4.35. The standard InChI is InChI=1S/C16H19NO3/c17-15-3-1-2-4-16(15)20-12-11-19-14-7-5-13(6-8-14)9-10-18/h1-8,18H,9-12,17H2. The highest BCUT2D eigenvalue weighted by molar-refractivity contribution is 5.51. The van der Waals surface area contributed by atoms with E-state index in [-0.39, 0.29) is 6.61 Å². The van der Waals surface area contributed by atoms with Crippen molar-refractivity contribution >= 4 is 5.69 Å². The molecule has 3 N–H and O–H groups in total. The van der Waals surface area contributed by atoms with Gasteiger partial charge in [0.25, 0.3) is 0 Å². The quantitative estimate of drug-likeness (QED) is 0.600. The van der Waals surface area contributed by atoms with Gasteiger partial charge in [0, 0.05) is 6.61 Å². The molecule has 2 aromatic rings. The van der Waals surface area contributed by atoms with Gasteiger partial charge in [0.15, 0.2) is 0 Å². The van der Waals surface area contributed by atoms with Gasteiger partial charge in [-0.15, -0.1) is 0 Å². The number of ether oxygens (including phenoxy) is 2. The largest absolute Gasteiger partial charge is 0.490 e. The first kappa shape index (κ1) is 14.2. The van der Waals surface area contributed by atoms with Crippen LogP contribution in [0.15, 0.2) is 48.5 Å². The first-order chi connectivity index (χ1) is 9.79. The number of para-hydroxylation sites is 2. The van der Waals surface area contributed by atoms with E-state index >= 15 is 0 Å². The first-order valence-electron chi connectivity index (χ1n) is 6.59. The van der Waals surface area contributed by atoms with Crippen LogP contribution >= 0.6 is 0 Å². The highest BCUT2D eigenvalue weighted by Gasteiger charge is 1.99. The lowest BCUT2D eigenvalue weighted by Crippen LogP contribution is -2.09. The third-order valence-corrected chi connectivity index (χ3v) is 2.85. The van der Waals surface area contributed by atoms with E-state index in [1.807, 2.05) is 42.5 Å². The van der Waals surface area contributed by atoms with Crippen LogP contribution in [0.2, 0.25) is 0 Å². The van der Waals surface area contributed by atoms with Crippen LogP contribution in [0.4, 0.5) is 5.69 Å². The predicted octanol–water partition coefficient (Wildman–Crippen LogP) is 2.26. The highest BCUT2D eigenvalue weighted by Crippen LogP contribution is 2.19. The summed E-state index contributed by atoms with van der Waals surface area (Å²) in [7, 11) is 0. The van der Waals surface area contributed by atoms with Crippen LogP contribution in [-0.4, -0.2) is 24.9 Å². The number of nitrogen functional groups attached to an aromatic ring is 1. The predicted molar refractivity (Wildman–Crippen MR) is 79.1 cm³/mol. The van der Waals surface area contributed by atoms with E-state index in [9.17, 15) is 0 Å². The number of hydrogen-bond donors (Lipinski definition) is 2. The van der Waals surface area contributed by atoms with Crippen LogP contribution in [0, 0.1) is 0 Å². The van der Waals surface area contributed by atoms with Crippen molar-refractivity contribution in [3.05, 3.63) is 54.1 Å². The number of hydrogen-bond acceptors (Lipinski definition) is 4. The molecule has 0 atom stereocenters. The molecule has 0 radical (unpaired) electrons. The Morgan fingerprint density at radius 1 is 0.900 bits per heavy atom. The van der Waals surface area contributed by atoms with Gasteiger partial charge in [0.2, 0.25) is 0 Å². The van der Waals surface area contributed by atoms with Gasteiger partial charge in [-0.25, -0.2) is 0 Å². The number of anilines is 1. The lowest BCUT2D eigenvalue weighted by molar-refractivity contribution is 0.218. The van der Waals surface area contributed by atoms with E-state index < -0.39 is 0 Å². The van der Waals surface area contributed by atoms with Crippen LogP contribution in [0.25, 0.3) is 0 Å². The molecule has 0 aliphatic carbocycles. The van der Waals surface area contributed by atoms with Crippen molar-refractivity contribution in [3.63, 3.8) is 0 Å². The molecule has 106 valence electrons. The number of rotatable bonds is 7. The number of nitrogens with two attached hydrogens (primary N) is 1. The molecule has 0 saturated carbocycles. The van der Waals surface area contributed by atoms with Crippen molar-refractivity contribution < 1.29 is 14.6 Å². The molecule has 4 nitrogen and oxygen atoms in total. The summed E-state index contributed by atoms with van der Waals surface area (Å²) >= 11 is 0. The Hall–Kier alpha value is -2.20. The molecule has 0 fully saturated rings. The zero-order chi connectivity index (χ0) is 14.2.